The maximum atomic E-state index is 14.2. The van der Waals surface area contributed by atoms with Gasteiger partial charge in [0.2, 0.25) is 0 Å². The number of carbonyl (C=O) groups is 3. The molecular formula is C26H24FN5O5. The average Bonchev–Trinajstić information content (AvgIpc) is 3.33. The topological polar surface area (TPSA) is 115 Å². The summed E-state index contributed by atoms with van der Waals surface area (Å²) >= 11 is 0. The molecule has 4 aromatic rings. The molecule has 1 aromatic carbocycles. The molecule has 0 bridgehead atoms. The summed E-state index contributed by atoms with van der Waals surface area (Å²) in [4.78, 5) is 46.9. The number of rotatable bonds is 6. The van der Waals surface area contributed by atoms with Crippen LogP contribution < -0.4 is 10.2 Å². The molecule has 3 heterocycles. The Bertz CT molecular complexity index is 1500. The zero-order chi connectivity index (χ0) is 26.7. The number of ether oxygens (including phenoxy) is 2. The molecule has 11 heteroatoms. The van der Waals surface area contributed by atoms with Gasteiger partial charge in [-0.2, -0.15) is 0 Å². The maximum Gasteiger partial charge on any atom is 0.412 e. The van der Waals surface area contributed by atoms with Crippen molar-refractivity contribution >= 4 is 35.1 Å². The predicted octanol–water partition coefficient (Wildman–Crippen LogP) is 4.48. The van der Waals surface area contributed by atoms with E-state index in [4.69, 9.17) is 4.74 Å². The van der Waals surface area contributed by atoms with Crippen LogP contribution in [0.4, 0.5) is 20.7 Å². The average molecular weight is 506 g/mol. The van der Waals surface area contributed by atoms with Crippen LogP contribution in [0.15, 0.2) is 55.0 Å². The Morgan fingerprint density at radius 3 is 2.57 bits per heavy atom. The molecule has 0 fully saturated rings. The number of halogens is 1. The first-order chi connectivity index (χ1) is 17.7. The summed E-state index contributed by atoms with van der Waals surface area (Å²) in [5.74, 6) is -1.59. The second-order valence-corrected chi connectivity index (χ2v) is 8.05. The van der Waals surface area contributed by atoms with Crippen molar-refractivity contribution in [3.05, 3.63) is 77.5 Å². The van der Waals surface area contributed by atoms with Gasteiger partial charge in [0.1, 0.15) is 17.3 Å². The summed E-state index contributed by atoms with van der Waals surface area (Å²) in [6, 6.07) is 8.92. The molecule has 0 aliphatic rings. The van der Waals surface area contributed by atoms with Crippen molar-refractivity contribution in [2.24, 2.45) is 0 Å². The van der Waals surface area contributed by atoms with Gasteiger partial charge in [0.15, 0.2) is 0 Å². The molecule has 0 saturated carbocycles. The number of nitrogens with one attached hydrogen (secondary N) is 1. The number of esters is 1. The highest BCUT2D eigenvalue weighted by Gasteiger charge is 2.20. The zero-order valence-electron chi connectivity index (χ0n) is 20.6. The second kappa shape index (κ2) is 10.4. The summed E-state index contributed by atoms with van der Waals surface area (Å²) in [7, 11) is 2.80. The van der Waals surface area contributed by atoms with Crippen molar-refractivity contribution in [2.45, 2.75) is 13.8 Å². The van der Waals surface area contributed by atoms with Gasteiger partial charge in [-0.05, 0) is 55.8 Å². The molecule has 190 valence electrons. The number of fused-ring (bicyclic) bond motifs is 1. The Hall–Kier alpha value is -4.80. The lowest BCUT2D eigenvalue weighted by Gasteiger charge is -2.19. The van der Waals surface area contributed by atoms with Crippen molar-refractivity contribution in [3.63, 3.8) is 0 Å². The predicted molar refractivity (Wildman–Crippen MR) is 134 cm³/mol. The second-order valence-electron chi connectivity index (χ2n) is 8.05. The van der Waals surface area contributed by atoms with Gasteiger partial charge < -0.3 is 14.4 Å². The van der Waals surface area contributed by atoms with Crippen LogP contribution in [0.1, 0.15) is 33.2 Å². The van der Waals surface area contributed by atoms with Crippen LogP contribution >= 0.6 is 0 Å². The Morgan fingerprint density at radius 2 is 1.89 bits per heavy atom. The lowest BCUT2D eigenvalue weighted by molar-refractivity contribution is 0.0520. The number of anilines is 2. The Morgan fingerprint density at radius 1 is 1.11 bits per heavy atom. The third-order valence-corrected chi connectivity index (χ3v) is 5.65. The first-order valence-electron chi connectivity index (χ1n) is 11.3. The van der Waals surface area contributed by atoms with E-state index in [0.29, 0.717) is 34.0 Å². The van der Waals surface area contributed by atoms with Gasteiger partial charge in [-0.3, -0.25) is 14.5 Å². The highest BCUT2D eigenvalue weighted by Crippen LogP contribution is 2.26. The normalized spacial score (nSPS) is 10.7. The fraction of sp³-hybridized carbons (Fsp3) is 0.192. The number of imidazole rings is 1. The third kappa shape index (κ3) is 5.10. The van der Waals surface area contributed by atoms with E-state index in [0.717, 1.165) is 11.6 Å². The number of nitrogens with zero attached hydrogens (tertiary/aromatic N) is 4. The molecule has 3 aromatic heterocycles. The van der Waals surface area contributed by atoms with Crippen LogP contribution in [0, 0.1) is 12.7 Å². The fourth-order valence-corrected chi connectivity index (χ4v) is 3.76. The van der Waals surface area contributed by atoms with Crippen molar-refractivity contribution in [2.75, 3.05) is 31.0 Å². The van der Waals surface area contributed by atoms with Crippen LogP contribution in [0.25, 0.3) is 16.9 Å². The summed E-state index contributed by atoms with van der Waals surface area (Å²) < 4.78 is 25.4. The van der Waals surface area contributed by atoms with E-state index in [-0.39, 0.29) is 18.1 Å². The number of hydrogen-bond donors (Lipinski definition) is 1. The minimum Gasteiger partial charge on any atom is -0.462 e. The van der Waals surface area contributed by atoms with E-state index >= 15 is 0 Å². The monoisotopic (exact) mass is 505 g/mol. The molecule has 0 spiro atoms. The molecule has 0 unspecified atom stereocenters. The number of hydrogen-bond acceptors (Lipinski definition) is 7. The van der Waals surface area contributed by atoms with E-state index < -0.39 is 17.9 Å². The van der Waals surface area contributed by atoms with Gasteiger partial charge >= 0.3 is 12.1 Å². The molecule has 0 saturated heterocycles. The largest absolute Gasteiger partial charge is 0.462 e. The number of methoxy groups -OCH3 is 1. The standard InChI is InChI=1S/C26H24FN5O5/c1-5-37-25(34)19-11-18(7-8-20(19)27)31(3)24(33)17-10-15(2)23-29-13-21(32(23)14-17)16-6-9-22(28-12-16)30-26(35)36-4/h6-14H,5H2,1-4H3,(H,28,30,35). The molecule has 37 heavy (non-hydrogen) atoms. The van der Waals surface area contributed by atoms with Crippen molar-refractivity contribution < 1.29 is 28.2 Å². The van der Waals surface area contributed by atoms with E-state index in [2.05, 4.69) is 20.0 Å². The summed E-state index contributed by atoms with van der Waals surface area (Å²) in [5, 5.41) is 2.49. The third-order valence-electron chi connectivity index (χ3n) is 5.65. The smallest absolute Gasteiger partial charge is 0.412 e. The van der Waals surface area contributed by atoms with Gasteiger partial charge in [-0.15, -0.1) is 0 Å². The van der Waals surface area contributed by atoms with E-state index in [9.17, 15) is 18.8 Å². The first kappa shape index (κ1) is 25.3. The van der Waals surface area contributed by atoms with Gasteiger partial charge in [-0.1, -0.05) is 0 Å². The minimum atomic E-state index is -0.801. The van der Waals surface area contributed by atoms with Crippen molar-refractivity contribution in [3.8, 4) is 11.3 Å². The number of aromatic nitrogens is 3. The Labute approximate surface area is 211 Å². The van der Waals surface area contributed by atoms with Crippen LogP contribution in [-0.4, -0.2) is 53.1 Å². The first-order valence-corrected chi connectivity index (χ1v) is 11.3. The lowest BCUT2D eigenvalue weighted by atomic mass is 10.1. The summed E-state index contributed by atoms with van der Waals surface area (Å²) in [6.07, 6.45) is 4.25. The number of aryl methyl sites for hydroxylation is 1. The Balaban J connectivity index is 1.67. The molecule has 0 aliphatic heterocycles. The highest BCUT2D eigenvalue weighted by molar-refractivity contribution is 6.06. The van der Waals surface area contributed by atoms with Crippen LogP contribution in [0.5, 0.6) is 0 Å². The molecule has 1 N–H and O–H groups in total. The van der Waals surface area contributed by atoms with Crippen LogP contribution in [-0.2, 0) is 9.47 Å². The van der Waals surface area contributed by atoms with Gasteiger partial charge in [0.05, 0.1) is 36.7 Å². The molecule has 0 radical (unpaired) electrons. The molecule has 10 nitrogen and oxygen atoms in total. The van der Waals surface area contributed by atoms with Crippen LogP contribution in [0.3, 0.4) is 0 Å². The van der Waals surface area contributed by atoms with E-state index in [1.165, 1.54) is 31.2 Å². The molecule has 4 rings (SSSR count). The Kier molecular flexibility index (Phi) is 7.14. The number of benzene rings is 1. The summed E-state index contributed by atoms with van der Waals surface area (Å²) in [5.41, 5.74) is 3.23. The van der Waals surface area contributed by atoms with Gasteiger partial charge in [0, 0.05) is 30.7 Å². The van der Waals surface area contributed by atoms with Gasteiger partial charge in [-0.25, -0.2) is 23.9 Å². The summed E-state index contributed by atoms with van der Waals surface area (Å²) in [6.45, 7) is 3.56. The van der Waals surface area contributed by atoms with Crippen molar-refractivity contribution in [1.29, 1.82) is 0 Å². The molecular weight excluding hydrogens is 481 g/mol. The van der Waals surface area contributed by atoms with Crippen LogP contribution in [0.2, 0.25) is 0 Å². The van der Waals surface area contributed by atoms with E-state index in [1.807, 2.05) is 6.92 Å². The van der Waals surface area contributed by atoms with Gasteiger partial charge in [0.25, 0.3) is 5.91 Å². The minimum absolute atomic E-state index is 0.101. The quantitative estimate of drug-likeness (QED) is 0.384. The highest BCUT2D eigenvalue weighted by atomic mass is 19.1. The molecule has 2 amide bonds. The number of carbonyl (C=O) groups excluding carboxylic acids is 3. The number of amides is 2. The number of pyridine rings is 2. The SMILES string of the molecule is CCOC(=O)c1cc(N(C)C(=O)c2cc(C)c3ncc(-c4ccc(NC(=O)OC)nc4)n3c2)ccc1F. The molecule has 0 aliphatic carbocycles. The molecule has 0 atom stereocenters. The fourth-order valence-electron chi connectivity index (χ4n) is 3.76. The maximum absolute atomic E-state index is 14.2. The zero-order valence-corrected chi connectivity index (χ0v) is 20.6. The van der Waals surface area contributed by atoms with Crippen molar-refractivity contribution in [1.82, 2.24) is 14.4 Å². The lowest BCUT2D eigenvalue weighted by Crippen LogP contribution is -2.27. The van der Waals surface area contributed by atoms with E-state index in [1.54, 1.807) is 48.1 Å².